The highest BCUT2D eigenvalue weighted by atomic mass is 16.2. The van der Waals surface area contributed by atoms with Crippen molar-refractivity contribution in [3.05, 3.63) is 22.9 Å². The fourth-order valence-corrected chi connectivity index (χ4v) is 2.89. The number of amides is 1. The molecule has 0 N–H and O–H groups in total. The predicted octanol–water partition coefficient (Wildman–Crippen LogP) is 3.36. The second-order valence-electron chi connectivity index (χ2n) is 5.46. The second-order valence-corrected chi connectivity index (χ2v) is 5.46. The average Bonchev–Trinajstić information content (AvgIpc) is 2.80. The molecular weight excluding hydrogens is 238 g/mol. The molecule has 104 valence electrons. The van der Waals surface area contributed by atoms with Crippen molar-refractivity contribution in [1.29, 1.82) is 0 Å². The zero-order chi connectivity index (χ0) is 13.7. The molecule has 0 saturated carbocycles. The number of hydrogen-bond acceptors (Lipinski definition) is 2. The monoisotopic (exact) mass is 261 g/mol. The van der Waals surface area contributed by atoms with Crippen molar-refractivity contribution in [3.8, 4) is 0 Å². The molecule has 0 bridgehead atoms. The van der Waals surface area contributed by atoms with E-state index in [4.69, 9.17) is 0 Å². The van der Waals surface area contributed by atoms with Crippen molar-refractivity contribution < 1.29 is 9.59 Å². The van der Waals surface area contributed by atoms with Gasteiger partial charge in [-0.3, -0.25) is 9.59 Å². The summed E-state index contributed by atoms with van der Waals surface area (Å²) in [5.74, 6) is 0.172. The molecule has 0 aromatic carbocycles. The highest BCUT2D eigenvalue weighted by molar-refractivity contribution is 5.86. The molecule has 0 atom stereocenters. The Hall–Kier alpha value is -1.38. The van der Waals surface area contributed by atoms with Gasteiger partial charge in [-0.15, -0.1) is 0 Å². The van der Waals surface area contributed by atoms with Crippen LogP contribution in [0.5, 0.6) is 0 Å². The van der Waals surface area contributed by atoms with Crippen molar-refractivity contribution in [2.24, 2.45) is 0 Å². The molecule has 0 spiro atoms. The maximum absolute atomic E-state index is 11.8. The van der Waals surface area contributed by atoms with Crippen LogP contribution in [0, 0.1) is 0 Å². The molecule has 0 aliphatic carbocycles. The molecule has 0 aromatic heterocycles. The molecule has 2 heterocycles. The van der Waals surface area contributed by atoms with Crippen LogP contribution < -0.4 is 0 Å². The van der Waals surface area contributed by atoms with Crippen molar-refractivity contribution in [3.63, 3.8) is 0 Å². The van der Waals surface area contributed by atoms with Crippen molar-refractivity contribution in [1.82, 2.24) is 4.90 Å². The summed E-state index contributed by atoms with van der Waals surface area (Å²) in [5.41, 5.74) is 3.03. The van der Waals surface area contributed by atoms with E-state index >= 15 is 0 Å². The fraction of sp³-hybridized carbons (Fsp3) is 0.625. The molecule has 0 aromatic rings. The van der Waals surface area contributed by atoms with E-state index < -0.39 is 0 Å². The van der Waals surface area contributed by atoms with Gasteiger partial charge in [0, 0.05) is 30.7 Å². The van der Waals surface area contributed by atoms with Gasteiger partial charge in [-0.05, 0) is 24.8 Å². The number of hydrogen-bond donors (Lipinski definition) is 0. The summed E-state index contributed by atoms with van der Waals surface area (Å²) in [6, 6.07) is 0. The smallest absolute Gasteiger partial charge is 0.227 e. The summed E-state index contributed by atoms with van der Waals surface area (Å²) >= 11 is 0. The summed E-state index contributed by atoms with van der Waals surface area (Å²) in [5, 5.41) is 0. The number of carbonyl (C=O) groups is 2. The molecule has 2 aliphatic rings. The van der Waals surface area contributed by atoms with E-state index in [-0.39, 0.29) is 5.91 Å². The summed E-state index contributed by atoms with van der Waals surface area (Å²) < 4.78 is 0. The van der Waals surface area contributed by atoms with Crippen LogP contribution in [-0.4, -0.2) is 23.6 Å². The van der Waals surface area contributed by atoms with Crippen LogP contribution in [-0.2, 0) is 9.59 Å². The van der Waals surface area contributed by atoms with Gasteiger partial charge in [0.05, 0.1) is 0 Å². The molecule has 3 nitrogen and oxygen atoms in total. The van der Waals surface area contributed by atoms with Crippen LogP contribution in [0.4, 0.5) is 0 Å². The van der Waals surface area contributed by atoms with E-state index in [1.165, 1.54) is 31.3 Å². The first-order chi connectivity index (χ1) is 9.26. The van der Waals surface area contributed by atoms with Gasteiger partial charge in [0.25, 0.3) is 0 Å². The third-order valence-corrected chi connectivity index (χ3v) is 3.98. The van der Waals surface area contributed by atoms with Gasteiger partial charge in [0.15, 0.2) is 0 Å². The number of rotatable bonds is 6. The Bertz CT molecular complexity index is 420. The maximum atomic E-state index is 11.8. The van der Waals surface area contributed by atoms with Gasteiger partial charge in [-0.2, -0.15) is 0 Å². The van der Waals surface area contributed by atoms with Gasteiger partial charge >= 0.3 is 0 Å². The van der Waals surface area contributed by atoms with Gasteiger partial charge in [0.2, 0.25) is 5.91 Å². The molecule has 19 heavy (non-hydrogen) atoms. The van der Waals surface area contributed by atoms with E-state index in [2.05, 4.69) is 13.0 Å². The van der Waals surface area contributed by atoms with Gasteiger partial charge < -0.3 is 4.90 Å². The first kappa shape index (κ1) is 14.0. The van der Waals surface area contributed by atoms with Crippen LogP contribution in [0.1, 0.15) is 58.3 Å². The number of carbonyl (C=O) groups excluding carboxylic acids is 2. The molecule has 2 rings (SSSR count). The van der Waals surface area contributed by atoms with E-state index in [9.17, 15) is 9.59 Å². The van der Waals surface area contributed by atoms with Crippen LogP contribution in [0.2, 0.25) is 0 Å². The average molecular weight is 261 g/mol. The Morgan fingerprint density at radius 2 is 2.05 bits per heavy atom. The molecule has 0 radical (unpaired) electrons. The maximum Gasteiger partial charge on any atom is 0.227 e. The number of aldehydes is 1. The largest absolute Gasteiger partial charge is 0.312 e. The van der Waals surface area contributed by atoms with E-state index in [0.29, 0.717) is 13.0 Å². The Labute approximate surface area is 115 Å². The third kappa shape index (κ3) is 3.34. The fourth-order valence-electron chi connectivity index (χ4n) is 2.89. The highest BCUT2D eigenvalue weighted by Gasteiger charge is 2.32. The van der Waals surface area contributed by atoms with Gasteiger partial charge in [-0.25, -0.2) is 0 Å². The zero-order valence-corrected chi connectivity index (χ0v) is 11.8. The Morgan fingerprint density at radius 1 is 1.21 bits per heavy atom. The lowest BCUT2D eigenvalue weighted by Gasteiger charge is -2.27. The van der Waals surface area contributed by atoms with Crippen molar-refractivity contribution >= 4 is 12.2 Å². The Kier molecular flexibility index (Phi) is 4.94. The molecule has 1 amide bonds. The molecule has 3 heteroatoms. The standard InChI is InChI=1S/C16H23NO2/c1-2-3-4-5-6-7-13-10-14(12-18)15-8-9-16(19)17(15)11-13/h7,12H,2-6,8-11H2,1H3/b13-7+. The molecule has 0 unspecified atom stereocenters. The molecule has 1 saturated heterocycles. The molecule has 1 fully saturated rings. The van der Waals surface area contributed by atoms with Crippen LogP contribution in [0.25, 0.3) is 0 Å². The lowest BCUT2D eigenvalue weighted by molar-refractivity contribution is -0.126. The summed E-state index contributed by atoms with van der Waals surface area (Å²) in [4.78, 5) is 24.7. The summed E-state index contributed by atoms with van der Waals surface area (Å²) in [7, 11) is 0. The number of unbranched alkanes of at least 4 members (excludes halogenated alkanes) is 4. The topological polar surface area (TPSA) is 37.4 Å². The van der Waals surface area contributed by atoms with Gasteiger partial charge in [0.1, 0.15) is 6.29 Å². The van der Waals surface area contributed by atoms with E-state index in [0.717, 1.165) is 36.8 Å². The lowest BCUT2D eigenvalue weighted by atomic mass is 9.97. The molecular formula is C16H23NO2. The number of allylic oxidation sites excluding steroid dienone is 3. The minimum atomic E-state index is 0.172. The molecule has 2 aliphatic heterocycles. The van der Waals surface area contributed by atoms with Crippen LogP contribution in [0.3, 0.4) is 0 Å². The second kappa shape index (κ2) is 6.69. The first-order valence-electron chi connectivity index (χ1n) is 7.41. The van der Waals surface area contributed by atoms with Crippen LogP contribution >= 0.6 is 0 Å². The minimum absolute atomic E-state index is 0.172. The van der Waals surface area contributed by atoms with E-state index in [1.54, 1.807) is 0 Å². The summed E-state index contributed by atoms with van der Waals surface area (Å²) in [6.45, 7) is 2.92. The highest BCUT2D eigenvalue weighted by Crippen LogP contribution is 2.33. The predicted molar refractivity (Wildman–Crippen MR) is 75.5 cm³/mol. The SMILES string of the molecule is CCCCCC/C=C1\CC(C=O)=C2CCC(=O)N2C1. The normalized spacial score (nSPS) is 21.2. The third-order valence-electron chi connectivity index (χ3n) is 3.98. The van der Waals surface area contributed by atoms with Crippen LogP contribution in [0.15, 0.2) is 22.9 Å². The first-order valence-corrected chi connectivity index (χ1v) is 7.41. The quantitative estimate of drug-likeness (QED) is 0.417. The summed E-state index contributed by atoms with van der Waals surface area (Å²) in [6.07, 6.45) is 11.3. The Balaban J connectivity index is 1.97. The van der Waals surface area contributed by atoms with Gasteiger partial charge in [-0.1, -0.05) is 32.3 Å². The van der Waals surface area contributed by atoms with E-state index in [1.807, 2.05) is 4.90 Å². The minimum Gasteiger partial charge on any atom is -0.312 e. The van der Waals surface area contributed by atoms with Crippen molar-refractivity contribution in [2.75, 3.05) is 6.54 Å². The Morgan fingerprint density at radius 3 is 2.79 bits per heavy atom. The van der Waals surface area contributed by atoms with Crippen molar-refractivity contribution in [2.45, 2.75) is 58.3 Å². The lowest BCUT2D eigenvalue weighted by Crippen LogP contribution is -2.30. The number of nitrogens with zero attached hydrogens (tertiary/aromatic N) is 1. The number of fused-ring (bicyclic) bond motifs is 1. The zero-order valence-electron chi connectivity index (χ0n) is 11.8.